The number of aromatic nitrogens is 2. The minimum absolute atomic E-state index is 0.0788. The van der Waals surface area contributed by atoms with E-state index in [1.54, 1.807) is 19.4 Å². The fourth-order valence-electron chi connectivity index (χ4n) is 1.65. The van der Waals surface area contributed by atoms with Gasteiger partial charge in [-0.2, -0.15) is 0 Å². The molecule has 2 rings (SSSR count). The molecule has 2 aromatic heterocycles. The maximum absolute atomic E-state index is 11.7. The van der Waals surface area contributed by atoms with Crippen molar-refractivity contribution in [3.8, 4) is 0 Å². The van der Waals surface area contributed by atoms with Gasteiger partial charge >= 0.3 is 0 Å². The van der Waals surface area contributed by atoms with Gasteiger partial charge in [0.2, 0.25) is 5.78 Å². The van der Waals surface area contributed by atoms with Crippen LogP contribution in [0.5, 0.6) is 0 Å². The highest BCUT2D eigenvalue weighted by Crippen LogP contribution is 2.11. The number of nitrogens with zero attached hydrogens (tertiary/aromatic N) is 3. The van der Waals surface area contributed by atoms with Crippen molar-refractivity contribution < 1.29 is 13.9 Å². The fraction of sp³-hybridized carbons (Fsp3) is 0.267. The van der Waals surface area contributed by atoms with Crippen LogP contribution in [0.1, 0.15) is 16.2 Å². The summed E-state index contributed by atoms with van der Waals surface area (Å²) in [5, 5.41) is 0. The second-order valence-corrected chi connectivity index (χ2v) is 4.40. The molecule has 0 radical (unpaired) electrons. The number of methoxy groups -OCH3 is 1. The topological polar surface area (TPSA) is 68.5 Å². The molecule has 0 aliphatic heterocycles. The highest BCUT2D eigenvalue weighted by atomic mass is 16.5. The first-order valence-electron chi connectivity index (χ1n) is 6.48. The van der Waals surface area contributed by atoms with Crippen LogP contribution >= 0.6 is 0 Å². The van der Waals surface area contributed by atoms with Gasteiger partial charge in [0.05, 0.1) is 12.8 Å². The maximum Gasteiger partial charge on any atom is 0.267 e. The molecule has 0 aliphatic carbocycles. The number of allylic oxidation sites excluding steroid dienone is 1. The zero-order chi connectivity index (χ0) is 15.1. The van der Waals surface area contributed by atoms with Gasteiger partial charge in [-0.1, -0.05) is 0 Å². The molecule has 0 unspecified atom stereocenters. The third kappa shape index (κ3) is 4.25. The molecular weight excluding hydrogens is 270 g/mol. The van der Waals surface area contributed by atoms with E-state index < -0.39 is 0 Å². The average molecular weight is 287 g/mol. The summed E-state index contributed by atoms with van der Waals surface area (Å²) in [6.07, 6.45) is 7.61. The normalized spacial score (nSPS) is 11.0. The number of likely N-dealkylation sites (N-methyl/N-ethyl adjacent to an activating group) is 1. The molecule has 0 atom stereocenters. The molecule has 0 amide bonds. The van der Waals surface area contributed by atoms with Crippen molar-refractivity contribution in [3.63, 3.8) is 0 Å². The number of ketones is 1. The van der Waals surface area contributed by atoms with E-state index in [9.17, 15) is 4.79 Å². The van der Waals surface area contributed by atoms with Crippen LogP contribution in [0.4, 0.5) is 5.82 Å². The second kappa shape index (κ2) is 7.35. The first kappa shape index (κ1) is 14.9. The Bertz CT molecular complexity index is 591. The number of ether oxygens (including phenoxy) is 1. The molecule has 21 heavy (non-hydrogen) atoms. The second-order valence-electron chi connectivity index (χ2n) is 4.40. The van der Waals surface area contributed by atoms with Crippen molar-refractivity contribution in [2.75, 3.05) is 32.2 Å². The molecule has 0 saturated heterocycles. The Morgan fingerprint density at radius 2 is 2.29 bits per heavy atom. The number of hydrogen-bond acceptors (Lipinski definition) is 6. The van der Waals surface area contributed by atoms with E-state index >= 15 is 0 Å². The molecule has 110 valence electrons. The molecule has 0 fully saturated rings. The summed E-state index contributed by atoms with van der Waals surface area (Å²) in [7, 11) is 3.61. The van der Waals surface area contributed by atoms with Gasteiger partial charge in [-0.3, -0.25) is 4.79 Å². The Kier molecular flexibility index (Phi) is 5.22. The van der Waals surface area contributed by atoms with Gasteiger partial charge in [0.25, 0.3) is 5.89 Å². The molecule has 0 aliphatic rings. The summed E-state index contributed by atoms with van der Waals surface area (Å²) in [4.78, 5) is 21.8. The van der Waals surface area contributed by atoms with Crippen molar-refractivity contribution in [2.45, 2.75) is 0 Å². The molecule has 6 nitrogen and oxygen atoms in total. The van der Waals surface area contributed by atoms with Crippen LogP contribution in [-0.4, -0.2) is 43.1 Å². The minimum atomic E-state index is -0.277. The summed E-state index contributed by atoms with van der Waals surface area (Å²) in [5.41, 5.74) is 0.832. The molecular formula is C15H17N3O3. The number of anilines is 1. The lowest BCUT2D eigenvalue weighted by molar-refractivity contribution is 0.101. The standard InChI is InChI=1S/C15H17N3O3/c1-18(8-10-20-2)14-6-4-12(11-17-14)3-5-13(19)15-16-7-9-21-15/h3-7,9,11H,8,10H2,1-2H3. The van der Waals surface area contributed by atoms with Crippen molar-refractivity contribution in [2.24, 2.45) is 0 Å². The minimum Gasteiger partial charge on any atom is -0.442 e. The summed E-state index contributed by atoms with van der Waals surface area (Å²) >= 11 is 0. The number of pyridine rings is 1. The van der Waals surface area contributed by atoms with Crippen LogP contribution in [0.2, 0.25) is 0 Å². The number of carbonyl (C=O) groups is 1. The van der Waals surface area contributed by atoms with Crippen molar-refractivity contribution in [1.82, 2.24) is 9.97 Å². The van der Waals surface area contributed by atoms with E-state index in [1.807, 2.05) is 24.1 Å². The van der Waals surface area contributed by atoms with Gasteiger partial charge in [-0.15, -0.1) is 0 Å². The third-order valence-corrected chi connectivity index (χ3v) is 2.86. The smallest absolute Gasteiger partial charge is 0.267 e. The van der Waals surface area contributed by atoms with E-state index in [0.29, 0.717) is 6.61 Å². The Balaban J connectivity index is 1.97. The molecule has 0 bridgehead atoms. The number of rotatable bonds is 7. The Labute approximate surface area is 123 Å². The van der Waals surface area contributed by atoms with Gasteiger partial charge in [0.1, 0.15) is 12.1 Å². The fourth-order valence-corrected chi connectivity index (χ4v) is 1.65. The summed E-state index contributed by atoms with van der Waals surface area (Å²) in [6, 6.07) is 3.79. The van der Waals surface area contributed by atoms with Gasteiger partial charge in [-0.05, 0) is 29.8 Å². The van der Waals surface area contributed by atoms with Gasteiger partial charge in [-0.25, -0.2) is 9.97 Å². The number of carbonyl (C=O) groups excluding carboxylic acids is 1. The lowest BCUT2D eigenvalue weighted by atomic mass is 10.2. The summed E-state index contributed by atoms with van der Waals surface area (Å²) in [6.45, 7) is 1.41. The van der Waals surface area contributed by atoms with E-state index in [4.69, 9.17) is 9.15 Å². The Morgan fingerprint density at radius 3 is 2.90 bits per heavy atom. The van der Waals surface area contributed by atoms with E-state index in [1.165, 1.54) is 18.5 Å². The molecule has 2 aromatic rings. The van der Waals surface area contributed by atoms with Crippen LogP contribution in [0.15, 0.2) is 41.3 Å². The average Bonchev–Trinajstić information content (AvgIpc) is 3.05. The Morgan fingerprint density at radius 1 is 1.43 bits per heavy atom. The monoisotopic (exact) mass is 287 g/mol. The van der Waals surface area contributed by atoms with Crippen LogP contribution in [0.25, 0.3) is 6.08 Å². The Hall–Kier alpha value is -2.47. The largest absolute Gasteiger partial charge is 0.442 e. The maximum atomic E-state index is 11.7. The predicted octanol–water partition coefficient (Wildman–Crippen LogP) is 2.05. The summed E-state index contributed by atoms with van der Waals surface area (Å²) < 4.78 is 9.95. The number of hydrogen-bond donors (Lipinski definition) is 0. The van der Waals surface area contributed by atoms with Crippen molar-refractivity contribution in [3.05, 3.63) is 48.3 Å². The van der Waals surface area contributed by atoms with Crippen LogP contribution < -0.4 is 4.90 Å². The van der Waals surface area contributed by atoms with Crippen molar-refractivity contribution >= 4 is 17.7 Å². The third-order valence-electron chi connectivity index (χ3n) is 2.86. The molecule has 0 N–H and O–H groups in total. The SMILES string of the molecule is COCCN(C)c1ccc(C=CC(=O)c2ncco2)cn1. The van der Waals surface area contributed by atoms with Gasteiger partial charge < -0.3 is 14.1 Å². The van der Waals surface area contributed by atoms with Crippen LogP contribution in [0.3, 0.4) is 0 Å². The van der Waals surface area contributed by atoms with E-state index in [-0.39, 0.29) is 11.7 Å². The summed E-state index contributed by atoms with van der Waals surface area (Å²) in [5.74, 6) is 0.652. The molecule has 0 saturated carbocycles. The lowest BCUT2D eigenvalue weighted by Gasteiger charge is -2.17. The predicted molar refractivity (Wildman–Crippen MR) is 79.3 cm³/mol. The van der Waals surface area contributed by atoms with E-state index in [0.717, 1.165) is 17.9 Å². The lowest BCUT2D eigenvalue weighted by Crippen LogP contribution is -2.22. The van der Waals surface area contributed by atoms with Gasteiger partial charge in [0, 0.05) is 26.9 Å². The quantitative estimate of drug-likeness (QED) is 0.573. The number of oxazole rings is 1. The van der Waals surface area contributed by atoms with Gasteiger partial charge in [0.15, 0.2) is 0 Å². The van der Waals surface area contributed by atoms with E-state index in [2.05, 4.69) is 9.97 Å². The molecule has 2 heterocycles. The highest BCUT2D eigenvalue weighted by molar-refractivity contribution is 6.03. The molecule has 0 aromatic carbocycles. The highest BCUT2D eigenvalue weighted by Gasteiger charge is 2.06. The van der Waals surface area contributed by atoms with Crippen molar-refractivity contribution in [1.29, 1.82) is 0 Å². The van der Waals surface area contributed by atoms with Crippen LogP contribution in [-0.2, 0) is 4.74 Å². The first-order valence-corrected chi connectivity index (χ1v) is 6.48. The first-order chi connectivity index (χ1) is 10.2. The van der Waals surface area contributed by atoms with Crippen LogP contribution in [0, 0.1) is 0 Å². The molecule has 6 heteroatoms. The molecule has 0 spiro atoms. The zero-order valence-electron chi connectivity index (χ0n) is 12.0. The zero-order valence-corrected chi connectivity index (χ0v) is 12.0.